The largest absolute Gasteiger partial charge is 0.378 e. The number of rotatable bonds is 4. The molecule has 0 aliphatic carbocycles. The van der Waals surface area contributed by atoms with Gasteiger partial charge < -0.3 is 14.5 Å². The van der Waals surface area contributed by atoms with E-state index in [9.17, 15) is 4.79 Å². The third-order valence-electron chi connectivity index (χ3n) is 5.56. The molecule has 2 aliphatic rings. The summed E-state index contributed by atoms with van der Waals surface area (Å²) in [4.78, 5) is 21.6. The fourth-order valence-electron chi connectivity index (χ4n) is 3.83. The first kappa shape index (κ1) is 17.7. The molecule has 3 heterocycles. The molecule has 0 spiro atoms. The molecule has 0 atom stereocenters. The Morgan fingerprint density at radius 3 is 2.73 bits per heavy atom. The summed E-state index contributed by atoms with van der Waals surface area (Å²) in [5.74, 6) is 0.807. The average Bonchev–Trinajstić information content (AvgIpc) is 3.12. The van der Waals surface area contributed by atoms with Crippen molar-refractivity contribution < 1.29 is 9.53 Å². The zero-order chi connectivity index (χ0) is 17.9. The molecule has 4 rings (SSSR count). The minimum absolute atomic E-state index is 0.304. The highest BCUT2D eigenvalue weighted by Crippen LogP contribution is 2.33. The van der Waals surface area contributed by atoms with Crippen LogP contribution in [0.3, 0.4) is 0 Å². The summed E-state index contributed by atoms with van der Waals surface area (Å²) in [5.41, 5.74) is 2.47. The van der Waals surface area contributed by atoms with Gasteiger partial charge in [-0.2, -0.15) is 0 Å². The van der Waals surface area contributed by atoms with E-state index in [1.54, 1.807) is 11.3 Å². The summed E-state index contributed by atoms with van der Waals surface area (Å²) in [7, 11) is 0. The number of hydrogen-bond donors (Lipinski definition) is 0. The standard InChI is InChI=1S/C20H27N3O2S/c1-2-15-3-4-17-18(13-15)26-20(21-17)23-7-5-16(6-8-23)14-19(24)22-9-11-25-12-10-22/h3-4,13,16H,2,5-12,14H2,1H3. The Labute approximate surface area is 159 Å². The van der Waals surface area contributed by atoms with Crippen LogP contribution in [0.2, 0.25) is 0 Å². The molecule has 5 nitrogen and oxygen atoms in total. The first-order valence-corrected chi connectivity index (χ1v) is 10.5. The van der Waals surface area contributed by atoms with Crippen LogP contribution in [0.5, 0.6) is 0 Å². The Hall–Kier alpha value is -1.66. The quantitative estimate of drug-likeness (QED) is 0.825. The molecule has 1 aromatic heterocycles. The number of thiazole rings is 1. The highest BCUT2D eigenvalue weighted by Gasteiger charge is 2.26. The third kappa shape index (κ3) is 3.86. The van der Waals surface area contributed by atoms with Gasteiger partial charge in [-0.25, -0.2) is 4.98 Å². The molecule has 2 fully saturated rings. The molecule has 2 aromatic rings. The van der Waals surface area contributed by atoms with Gasteiger partial charge in [0.25, 0.3) is 0 Å². The molecule has 1 amide bonds. The van der Waals surface area contributed by atoms with E-state index < -0.39 is 0 Å². The van der Waals surface area contributed by atoms with Crippen LogP contribution in [0.25, 0.3) is 10.2 Å². The second-order valence-electron chi connectivity index (χ2n) is 7.28. The van der Waals surface area contributed by atoms with Gasteiger partial charge in [-0.1, -0.05) is 24.3 Å². The van der Waals surface area contributed by atoms with Gasteiger partial charge in [0, 0.05) is 32.6 Å². The second kappa shape index (κ2) is 7.92. The summed E-state index contributed by atoms with van der Waals surface area (Å²) >= 11 is 1.80. The van der Waals surface area contributed by atoms with Gasteiger partial charge in [-0.15, -0.1) is 0 Å². The van der Waals surface area contributed by atoms with E-state index in [1.807, 2.05) is 4.90 Å². The highest BCUT2D eigenvalue weighted by molar-refractivity contribution is 7.22. The van der Waals surface area contributed by atoms with E-state index in [-0.39, 0.29) is 0 Å². The first-order valence-electron chi connectivity index (χ1n) is 9.73. The molecular formula is C20H27N3O2S. The molecule has 0 N–H and O–H groups in total. The minimum Gasteiger partial charge on any atom is -0.378 e. The Balaban J connectivity index is 1.33. The number of nitrogens with zero attached hydrogens (tertiary/aromatic N) is 3. The molecule has 0 saturated carbocycles. The molecule has 2 saturated heterocycles. The van der Waals surface area contributed by atoms with Crippen LogP contribution >= 0.6 is 11.3 Å². The SMILES string of the molecule is CCc1ccc2nc(N3CCC(CC(=O)N4CCOCC4)CC3)sc2c1. The Morgan fingerprint density at radius 1 is 1.23 bits per heavy atom. The number of piperidine rings is 1. The van der Waals surface area contributed by atoms with Crippen molar-refractivity contribution in [1.82, 2.24) is 9.88 Å². The van der Waals surface area contributed by atoms with E-state index in [1.165, 1.54) is 10.3 Å². The van der Waals surface area contributed by atoms with Gasteiger partial charge in [0.15, 0.2) is 5.13 Å². The van der Waals surface area contributed by atoms with E-state index >= 15 is 0 Å². The lowest BCUT2D eigenvalue weighted by atomic mass is 9.93. The number of fused-ring (bicyclic) bond motifs is 1. The number of aromatic nitrogens is 1. The smallest absolute Gasteiger partial charge is 0.223 e. The van der Waals surface area contributed by atoms with E-state index in [0.29, 0.717) is 31.5 Å². The van der Waals surface area contributed by atoms with Crippen molar-refractivity contribution in [2.24, 2.45) is 5.92 Å². The van der Waals surface area contributed by atoms with Gasteiger partial charge >= 0.3 is 0 Å². The number of carbonyl (C=O) groups is 1. The number of hydrogen-bond acceptors (Lipinski definition) is 5. The lowest BCUT2D eigenvalue weighted by Crippen LogP contribution is -2.42. The number of aryl methyl sites for hydroxylation is 1. The van der Waals surface area contributed by atoms with Crippen LogP contribution in [0.1, 0.15) is 31.7 Å². The van der Waals surface area contributed by atoms with Crippen molar-refractivity contribution in [2.45, 2.75) is 32.6 Å². The molecule has 0 bridgehead atoms. The van der Waals surface area contributed by atoms with Gasteiger partial charge in [-0.05, 0) is 42.9 Å². The van der Waals surface area contributed by atoms with E-state index in [0.717, 1.165) is 56.1 Å². The molecule has 140 valence electrons. The molecular weight excluding hydrogens is 346 g/mol. The van der Waals surface area contributed by atoms with Crippen molar-refractivity contribution in [1.29, 1.82) is 0 Å². The normalized spacial score (nSPS) is 19.3. The van der Waals surface area contributed by atoms with Crippen LogP contribution in [0.4, 0.5) is 5.13 Å². The second-order valence-corrected chi connectivity index (χ2v) is 8.29. The summed E-state index contributed by atoms with van der Waals surface area (Å²) < 4.78 is 6.62. The van der Waals surface area contributed by atoms with Crippen molar-refractivity contribution in [2.75, 3.05) is 44.3 Å². The fourth-order valence-corrected chi connectivity index (χ4v) is 4.91. The summed E-state index contributed by atoms with van der Waals surface area (Å²) in [6.45, 7) is 7.06. The molecule has 0 radical (unpaired) electrons. The van der Waals surface area contributed by atoms with Crippen molar-refractivity contribution in [3.63, 3.8) is 0 Å². The van der Waals surface area contributed by atoms with Gasteiger partial charge in [-0.3, -0.25) is 4.79 Å². The zero-order valence-electron chi connectivity index (χ0n) is 15.4. The molecule has 26 heavy (non-hydrogen) atoms. The van der Waals surface area contributed by atoms with Gasteiger partial charge in [0.05, 0.1) is 23.4 Å². The number of morpholine rings is 1. The van der Waals surface area contributed by atoms with Crippen LogP contribution in [0.15, 0.2) is 18.2 Å². The predicted molar refractivity (Wildman–Crippen MR) is 106 cm³/mol. The predicted octanol–water partition coefficient (Wildman–Crippen LogP) is 3.32. The number of amides is 1. The highest BCUT2D eigenvalue weighted by atomic mass is 32.1. The molecule has 1 aromatic carbocycles. The fraction of sp³-hybridized carbons (Fsp3) is 0.600. The topological polar surface area (TPSA) is 45.7 Å². The van der Waals surface area contributed by atoms with E-state index in [4.69, 9.17) is 9.72 Å². The van der Waals surface area contributed by atoms with Crippen molar-refractivity contribution >= 4 is 32.6 Å². The van der Waals surface area contributed by atoms with Crippen molar-refractivity contribution in [3.05, 3.63) is 23.8 Å². The summed E-state index contributed by atoms with van der Waals surface area (Å²) in [6, 6.07) is 6.58. The maximum atomic E-state index is 12.4. The van der Waals surface area contributed by atoms with Gasteiger partial charge in [0.1, 0.15) is 0 Å². The lowest BCUT2D eigenvalue weighted by molar-refractivity contribution is -0.136. The number of ether oxygens (including phenoxy) is 1. The van der Waals surface area contributed by atoms with Crippen LogP contribution in [-0.4, -0.2) is 55.2 Å². The maximum Gasteiger partial charge on any atom is 0.223 e. The Kier molecular flexibility index (Phi) is 5.41. The van der Waals surface area contributed by atoms with Crippen molar-refractivity contribution in [3.8, 4) is 0 Å². The minimum atomic E-state index is 0.304. The van der Waals surface area contributed by atoms with Gasteiger partial charge in [0.2, 0.25) is 5.91 Å². The molecule has 0 unspecified atom stereocenters. The molecule has 2 aliphatic heterocycles. The third-order valence-corrected chi connectivity index (χ3v) is 6.64. The van der Waals surface area contributed by atoms with Crippen LogP contribution < -0.4 is 4.90 Å². The number of benzene rings is 1. The maximum absolute atomic E-state index is 12.4. The molecule has 6 heteroatoms. The monoisotopic (exact) mass is 373 g/mol. The Bertz CT molecular complexity index is 762. The van der Waals surface area contributed by atoms with Crippen LogP contribution in [-0.2, 0) is 16.0 Å². The van der Waals surface area contributed by atoms with E-state index in [2.05, 4.69) is 30.0 Å². The number of anilines is 1. The average molecular weight is 374 g/mol. The summed E-state index contributed by atoms with van der Waals surface area (Å²) in [6.07, 6.45) is 3.90. The first-order chi connectivity index (χ1) is 12.7. The number of carbonyl (C=O) groups excluding carboxylic acids is 1. The summed E-state index contributed by atoms with van der Waals surface area (Å²) in [5, 5.41) is 1.13. The Morgan fingerprint density at radius 2 is 2.00 bits per heavy atom. The lowest BCUT2D eigenvalue weighted by Gasteiger charge is -2.33. The van der Waals surface area contributed by atoms with Crippen LogP contribution in [0, 0.1) is 5.92 Å². The zero-order valence-corrected chi connectivity index (χ0v) is 16.3.